The summed E-state index contributed by atoms with van der Waals surface area (Å²) in [5.74, 6) is -0.295. The fourth-order valence-electron chi connectivity index (χ4n) is 0.440. The van der Waals surface area contributed by atoms with E-state index in [9.17, 15) is 4.79 Å². The Labute approximate surface area is 64.7 Å². The van der Waals surface area contributed by atoms with Crippen LogP contribution in [0.1, 0.15) is 6.42 Å². The highest BCUT2D eigenvalue weighted by molar-refractivity contribution is 7.80. The first kappa shape index (κ1) is 9.10. The van der Waals surface area contributed by atoms with Gasteiger partial charge in [-0.3, -0.25) is 4.79 Å². The number of likely N-dealkylation sites (N-methyl/N-ethyl adjacent to an activating group) is 1. The van der Waals surface area contributed by atoms with Crippen LogP contribution in [0.5, 0.6) is 0 Å². The minimum atomic E-state index is -0.295. The highest BCUT2D eigenvalue weighted by Gasteiger charge is 2.05. The average Bonchev–Trinajstić information content (AvgIpc) is 1.85. The van der Waals surface area contributed by atoms with Crippen molar-refractivity contribution in [1.29, 1.82) is 0 Å². The summed E-state index contributed by atoms with van der Waals surface area (Å²) in [6.45, 7) is 3.41. The second kappa shape index (κ2) is 4.00. The van der Waals surface area contributed by atoms with Crippen LogP contribution in [0.15, 0.2) is 12.2 Å². The molecular formula is C6H9NO2S. The standard InChI is InChI=1S/C6H9NO2S/c1-4(3-5(8)10)6(9)7-2/h1,3H2,2H3,(H,7,9)(H,8,10). The van der Waals surface area contributed by atoms with Crippen molar-refractivity contribution in [3.05, 3.63) is 12.2 Å². The molecule has 4 heteroatoms. The molecule has 0 saturated carbocycles. The van der Waals surface area contributed by atoms with E-state index >= 15 is 0 Å². The largest absolute Gasteiger partial charge is 0.502 e. The summed E-state index contributed by atoms with van der Waals surface area (Å²) >= 11 is 4.35. The van der Waals surface area contributed by atoms with Crippen LogP contribution in [0.4, 0.5) is 0 Å². The number of aliphatic hydroxyl groups excluding tert-OH is 1. The number of carbonyl (C=O) groups excluding carboxylic acids is 1. The first-order valence-corrected chi connectivity index (χ1v) is 3.10. The van der Waals surface area contributed by atoms with Gasteiger partial charge in [0.1, 0.15) is 0 Å². The third-order valence-corrected chi connectivity index (χ3v) is 1.06. The Morgan fingerprint density at radius 3 is 2.60 bits per heavy atom. The summed E-state index contributed by atoms with van der Waals surface area (Å²) in [5, 5.41) is 10.7. The number of hydrogen-bond acceptors (Lipinski definition) is 2. The minimum Gasteiger partial charge on any atom is -0.502 e. The first-order valence-electron chi connectivity index (χ1n) is 2.69. The molecule has 0 atom stereocenters. The van der Waals surface area contributed by atoms with E-state index in [2.05, 4.69) is 24.1 Å². The molecule has 0 aliphatic carbocycles. The van der Waals surface area contributed by atoms with Crippen molar-refractivity contribution >= 4 is 23.2 Å². The summed E-state index contributed by atoms with van der Waals surface area (Å²) in [6, 6.07) is 0. The van der Waals surface area contributed by atoms with Gasteiger partial charge < -0.3 is 10.4 Å². The van der Waals surface area contributed by atoms with Gasteiger partial charge >= 0.3 is 0 Å². The van der Waals surface area contributed by atoms with Gasteiger partial charge in [0.05, 0.1) is 0 Å². The van der Waals surface area contributed by atoms with E-state index in [0.717, 1.165) is 0 Å². The molecule has 56 valence electrons. The molecule has 0 saturated heterocycles. The Morgan fingerprint density at radius 1 is 1.80 bits per heavy atom. The third kappa shape index (κ3) is 3.19. The zero-order chi connectivity index (χ0) is 8.15. The van der Waals surface area contributed by atoms with Crippen LogP contribution in [-0.4, -0.2) is 23.1 Å². The molecule has 0 rings (SSSR count). The lowest BCUT2D eigenvalue weighted by atomic mass is 10.2. The van der Waals surface area contributed by atoms with Gasteiger partial charge in [-0.2, -0.15) is 0 Å². The van der Waals surface area contributed by atoms with Crippen molar-refractivity contribution in [3.63, 3.8) is 0 Å². The van der Waals surface area contributed by atoms with Gasteiger partial charge in [-0.25, -0.2) is 0 Å². The molecule has 0 spiro atoms. The van der Waals surface area contributed by atoms with E-state index in [1.165, 1.54) is 7.05 Å². The van der Waals surface area contributed by atoms with Gasteiger partial charge in [0.2, 0.25) is 5.91 Å². The summed E-state index contributed by atoms with van der Waals surface area (Å²) < 4.78 is 0. The molecule has 0 fully saturated rings. The van der Waals surface area contributed by atoms with Crippen LogP contribution in [-0.2, 0) is 4.79 Å². The molecule has 0 aliphatic heterocycles. The molecular weight excluding hydrogens is 150 g/mol. The quantitative estimate of drug-likeness (QED) is 0.467. The van der Waals surface area contributed by atoms with Crippen LogP contribution in [0.25, 0.3) is 0 Å². The smallest absolute Gasteiger partial charge is 0.246 e. The van der Waals surface area contributed by atoms with Gasteiger partial charge in [-0.15, -0.1) is 0 Å². The molecule has 0 aromatic rings. The summed E-state index contributed by atoms with van der Waals surface area (Å²) in [6.07, 6.45) is 0.0645. The molecule has 0 bridgehead atoms. The summed E-state index contributed by atoms with van der Waals surface area (Å²) in [7, 11) is 1.49. The van der Waals surface area contributed by atoms with E-state index in [-0.39, 0.29) is 23.0 Å². The van der Waals surface area contributed by atoms with Crippen molar-refractivity contribution in [3.8, 4) is 0 Å². The van der Waals surface area contributed by atoms with Crippen molar-refractivity contribution in [2.75, 3.05) is 7.05 Å². The molecule has 0 aliphatic rings. The fourth-order valence-corrected chi connectivity index (χ4v) is 0.614. The number of hydrogen-bond donors (Lipinski definition) is 2. The highest BCUT2D eigenvalue weighted by Crippen LogP contribution is 1.97. The van der Waals surface area contributed by atoms with Crippen LogP contribution in [0.3, 0.4) is 0 Å². The van der Waals surface area contributed by atoms with Crippen molar-refractivity contribution < 1.29 is 9.90 Å². The number of amides is 1. The lowest BCUT2D eigenvalue weighted by molar-refractivity contribution is -0.117. The second-order valence-corrected chi connectivity index (χ2v) is 2.22. The van der Waals surface area contributed by atoms with Crippen LogP contribution < -0.4 is 5.32 Å². The molecule has 0 heterocycles. The predicted octanol–water partition coefficient (Wildman–Crippen LogP) is 0.564. The highest BCUT2D eigenvalue weighted by atomic mass is 32.1. The molecule has 1 amide bonds. The normalized spacial score (nSPS) is 8.50. The van der Waals surface area contributed by atoms with E-state index in [1.54, 1.807) is 0 Å². The zero-order valence-electron chi connectivity index (χ0n) is 5.68. The number of rotatable bonds is 3. The maximum atomic E-state index is 10.7. The minimum absolute atomic E-state index is 0.0645. The van der Waals surface area contributed by atoms with Crippen LogP contribution in [0.2, 0.25) is 0 Å². The molecule has 3 nitrogen and oxygen atoms in total. The van der Waals surface area contributed by atoms with E-state index in [1.807, 2.05) is 0 Å². The third-order valence-electron chi connectivity index (χ3n) is 0.913. The zero-order valence-corrected chi connectivity index (χ0v) is 6.49. The van der Waals surface area contributed by atoms with E-state index in [0.29, 0.717) is 0 Å². The Balaban J connectivity index is 3.86. The van der Waals surface area contributed by atoms with Gasteiger partial charge in [0.15, 0.2) is 5.05 Å². The van der Waals surface area contributed by atoms with Gasteiger partial charge in [0.25, 0.3) is 0 Å². The Hall–Kier alpha value is -0.900. The maximum Gasteiger partial charge on any atom is 0.246 e. The van der Waals surface area contributed by atoms with Gasteiger partial charge in [0, 0.05) is 19.0 Å². The predicted molar refractivity (Wildman–Crippen MR) is 43.1 cm³/mol. The first-order chi connectivity index (χ1) is 4.57. The second-order valence-electron chi connectivity index (χ2n) is 1.75. The number of aliphatic hydroxyl groups is 1. The van der Waals surface area contributed by atoms with Gasteiger partial charge in [-0.05, 0) is 12.2 Å². The van der Waals surface area contributed by atoms with Crippen LogP contribution in [0, 0.1) is 0 Å². The molecule has 10 heavy (non-hydrogen) atoms. The Morgan fingerprint density at radius 2 is 2.30 bits per heavy atom. The molecule has 0 unspecified atom stereocenters. The Kier molecular flexibility index (Phi) is 3.64. The number of nitrogens with one attached hydrogen (secondary N) is 1. The maximum absolute atomic E-state index is 10.7. The van der Waals surface area contributed by atoms with Crippen LogP contribution >= 0.6 is 12.2 Å². The van der Waals surface area contributed by atoms with Gasteiger partial charge in [-0.1, -0.05) is 6.58 Å². The van der Waals surface area contributed by atoms with E-state index < -0.39 is 0 Å². The summed E-state index contributed by atoms with van der Waals surface area (Å²) in [4.78, 5) is 10.7. The van der Waals surface area contributed by atoms with E-state index in [4.69, 9.17) is 5.11 Å². The summed E-state index contributed by atoms with van der Waals surface area (Å²) in [5.41, 5.74) is 0.273. The number of carbonyl (C=O) groups is 1. The average molecular weight is 159 g/mol. The SMILES string of the molecule is C=C(CC(O)=S)C(=O)NC. The molecule has 0 radical (unpaired) electrons. The molecule has 0 aromatic carbocycles. The molecule has 0 aromatic heterocycles. The monoisotopic (exact) mass is 159 g/mol. The topological polar surface area (TPSA) is 49.3 Å². The van der Waals surface area contributed by atoms with Crippen molar-refractivity contribution in [2.24, 2.45) is 0 Å². The van der Waals surface area contributed by atoms with Crippen molar-refractivity contribution in [2.45, 2.75) is 6.42 Å². The fraction of sp³-hybridized carbons (Fsp3) is 0.333. The lowest BCUT2D eigenvalue weighted by Gasteiger charge is -1.99. The Bertz CT molecular complexity index is 177. The van der Waals surface area contributed by atoms with Crippen molar-refractivity contribution in [1.82, 2.24) is 5.32 Å². The number of thiocarbonyl (C=S) groups is 1. The molecule has 2 N–H and O–H groups in total. The lowest BCUT2D eigenvalue weighted by Crippen LogP contribution is -2.20.